The lowest BCUT2D eigenvalue weighted by Gasteiger charge is -2.02. The van der Waals surface area contributed by atoms with Crippen LogP contribution in [0.25, 0.3) is 0 Å². The largest absolute Gasteiger partial charge is 0.310 e. The van der Waals surface area contributed by atoms with Gasteiger partial charge in [0.2, 0.25) is 0 Å². The Kier molecular flexibility index (Phi) is 2.13. The molecule has 1 aromatic rings. The number of benzene rings is 1. The lowest BCUT2D eigenvalue weighted by atomic mass is 10.2. The molecule has 1 saturated carbocycles. The van der Waals surface area contributed by atoms with E-state index >= 15 is 0 Å². The van der Waals surface area contributed by atoms with E-state index in [1.807, 2.05) is 0 Å². The summed E-state index contributed by atoms with van der Waals surface area (Å²) in [6, 6.07) is 11.4. The van der Waals surface area contributed by atoms with Crippen molar-refractivity contribution in [1.29, 1.82) is 0 Å². The van der Waals surface area contributed by atoms with E-state index in [0.717, 1.165) is 18.5 Å². The van der Waals surface area contributed by atoms with Crippen LogP contribution in [-0.2, 0) is 6.54 Å². The Morgan fingerprint density at radius 1 is 1.33 bits per heavy atom. The van der Waals surface area contributed by atoms with Gasteiger partial charge < -0.3 is 5.32 Å². The van der Waals surface area contributed by atoms with Crippen LogP contribution in [0.15, 0.2) is 30.3 Å². The summed E-state index contributed by atoms with van der Waals surface area (Å²) in [6.07, 6.45) is 1.35. The lowest BCUT2D eigenvalue weighted by Crippen LogP contribution is -2.16. The molecule has 64 valence electrons. The molecule has 0 bridgehead atoms. The van der Waals surface area contributed by atoms with Gasteiger partial charge in [0.15, 0.2) is 0 Å². The first-order chi connectivity index (χ1) is 5.86. The summed E-state index contributed by atoms with van der Waals surface area (Å²) in [4.78, 5) is 0. The second-order valence-electron chi connectivity index (χ2n) is 3.69. The van der Waals surface area contributed by atoms with E-state index in [9.17, 15) is 0 Å². The highest BCUT2D eigenvalue weighted by Gasteiger charge is 2.31. The summed E-state index contributed by atoms with van der Waals surface area (Å²) < 4.78 is 0. The van der Waals surface area contributed by atoms with Crippen LogP contribution < -0.4 is 5.32 Å². The van der Waals surface area contributed by atoms with Gasteiger partial charge in [-0.2, -0.15) is 0 Å². The lowest BCUT2D eigenvalue weighted by molar-refractivity contribution is 0.652. The van der Waals surface area contributed by atoms with Crippen LogP contribution in [0.5, 0.6) is 0 Å². The highest BCUT2D eigenvalue weighted by atomic mass is 15.0. The van der Waals surface area contributed by atoms with Crippen LogP contribution in [-0.4, -0.2) is 6.04 Å². The SMILES string of the molecule is C[C@H]1C[C@@H]1NCc1ccccc1. The first kappa shape index (κ1) is 7.81. The molecular weight excluding hydrogens is 146 g/mol. The van der Waals surface area contributed by atoms with E-state index in [1.54, 1.807) is 0 Å². The number of hydrogen-bond acceptors (Lipinski definition) is 1. The van der Waals surface area contributed by atoms with Crippen molar-refractivity contribution in [2.75, 3.05) is 0 Å². The molecule has 0 aromatic heterocycles. The zero-order chi connectivity index (χ0) is 8.39. The molecule has 12 heavy (non-hydrogen) atoms. The number of rotatable bonds is 3. The van der Waals surface area contributed by atoms with Gasteiger partial charge in [0.05, 0.1) is 0 Å². The van der Waals surface area contributed by atoms with Crippen LogP contribution in [0.4, 0.5) is 0 Å². The minimum absolute atomic E-state index is 0.783. The van der Waals surface area contributed by atoms with Crippen molar-refractivity contribution in [1.82, 2.24) is 5.32 Å². The molecule has 1 N–H and O–H groups in total. The van der Waals surface area contributed by atoms with Crippen molar-refractivity contribution in [3.05, 3.63) is 35.9 Å². The van der Waals surface area contributed by atoms with E-state index in [-0.39, 0.29) is 0 Å². The molecule has 0 saturated heterocycles. The Labute approximate surface area is 73.8 Å². The normalized spacial score (nSPS) is 27.1. The summed E-state index contributed by atoms with van der Waals surface area (Å²) in [5.41, 5.74) is 1.39. The fourth-order valence-corrected chi connectivity index (χ4v) is 1.45. The van der Waals surface area contributed by atoms with Crippen molar-refractivity contribution in [2.45, 2.75) is 25.9 Å². The van der Waals surface area contributed by atoms with Gasteiger partial charge in [-0.15, -0.1) is 0 Å². The van der Waals surface area contributed by atoms with E-state index in [1.165, 1.54) is 12.0 Å². The third kappa shape index (κ3) is 1.86. The first-order valence-corrected chi connectivity index (χ1v) is 4.63. The highest BCUT2D eigenvalue weighted by Crippen LogP contribution is 2.29. The average Bonchev–Trinajstić information content (AvgIpc) is 2.81. The van der Waals surface area contributed by atoms with E-state index in [4.69, 9.17) is 0 Å². The Bertz CT molecular complexity index is 242. The highest BCUT2D eigenvalue weighted by molar-refractivity contribution is 5.14. The monoisotopic (exact) mass is 161 g/mol. The standard InChI is InChI=1S/C11H15N/c1-9-7-11(9)12-8-10-5-3-2-4-6-10/h2-6,9,11-12H,7-8H2,1H3/t9-,11-/m0/s1. The van der Waals surface area contributed by atoms with Crippen molar-refractivity contribution in [3.63, 3.8) is 0 Å². The van der Waals surface area contributed by atoms with E-state index in [0.29, 0.717) is 0 Å². The molecule has 0 heterocycles. The van der Waals surface area contributed by atoms with Crippen LogP contribution in [0.3, 0.4) is 0 Å². The Hall–Kier alpha value is -0.820. The van der Waals surface area contributed by atoms with Gasteiger partial charge in [-0.3, -0.25) is 0 Å². The molecular formula is C11H15N. The van der Waals surface area contributed by atoms with Gasteiger partial charge in [-0.05, 0) is 17.9 Å². The van der Waals surface area contributed by atoms with Gasteiger partial charge in [-0.25, -0.2) is 0 Å². The van der Waals surface area contributed by atoms with Crippen molar-refractivity contribution < 1.29 is 0 Å². The third-order valence-corrected chi connectivity index (χ3v) is 2.52. The molecule has 0 unspecified atom stereocenters. The molecule has 1 fully saturated rings. The topological polar surface area (TPSA) is 12.0 Å². The zero-order valence-electron chi connectivity index (χ0n) is 7.46. The average molecular weight is 161 g/mol. The Morgan fingerprint density at radius 2 is 2.00 bits per heavy atom. The number of nitrogens with one attached hydrogen (secondary N) is 1. The molecule has 0 aliphatic heterocycles. The maximum absolute atomic E-state index is 3.52. The van der Waals surface area contributed by atoms with E-state index < -0.39 is 0 Å². The summed E-state index contributed by atoms with van der Waals surface area (Å²) in [7, 11) is 0. The minimum Gasteiger partial charge on any atom is -0.310 e. The van der Waals surface area contributed by atoms with Gasteiger partial charge in [0, 0.05) is 12.6 Å². The predicted molar refractivity (Wildman–Crippen MR) is 50.9 cm³/mol. The summed E-state index contributed by atoms with van der Waals surface area (Å²) >= 11 is 0. The van der Waals surface area contributed by atoms with E-state index in [2.05, 4.69) is 42.6 Å². The molecule has 0 spiro atoms. The quantitative estimate of drug-likeness (QED) is 0.716. The summed E-state index contributed by atoms with van der Waals surface area (Å²) in [6.45, 7) is 3.32. The van der Waals surface area contributed by atoms with Crippen molar-refractivity contribution in [3.8, 4) is 0 Å². The first-order valence-electron chi connectivity index (χ1n) is 4.63. The molecule has 0 radical (unpaired) electrons. The van der Waals surface area contributed by atoms with Crippen molar-refractivity contribution in [2.24, 2.45) is 5.92 Å². The molecule has 1 aliphatic rings. The fourth-order valence-electron chi connectivity index (χ4n) is 1.45. The summed E-state index contributed by atoms with van der Waals surface area (Å²) in [5.74, 6) is 0.897. The van der Waals surface area contributed by atoms with Gasteiger partial charge >= 0.3 is 0 Å². The maximum Gasteiger partial charge on any atom is 0.0208 e. The van der Waals surface area contributed by atoms with Crippen LogP contribution >= 0.6 is 0 Å². The molecule has 1 aliphatic carbocycles. The molecule has 1 heteroatoms. The summed E-state index contributed by atoms with van der Waals surface area (Å²) in [5, 5.41) is 3.52. The molecule has 2 rings (SSSR count). The molecule has 1 aromatic carbocycles. The van der Waals surface area contributed by atoms with Crippen LogP contribution in [0, 0.1) is 5.92 Å². The second kappa shape index (κ2) is 3.28. The van der Waals surface area contributed by atoms with Crippen molar-refractivity contribution >= 4 is 0 Å². The molecule has 1 nitrogen and oxygen atoms in total. The van der Waals surface area contributed by atoms with Gasteiger partial charge in [0.1, 0.15) is 0 Å². The van der Waals surface area contributed by atoms with Crippen LogP contribution in [0.2, 0.25) is 0 Å². The van der Waals surface area contributed by atoms with Crippen LogP contribution in [0.1, 0.15) is 18.9 Å². The third-order valence-electron chi connectivity index (χ3n) is 2.52. The zero-order valence-corrected chi connectivity index (χ0v) is 7.46. The second-order valence-corrected chi connectivity index (χ2v) is 3.69. The number of hydrogen-bond donors (Lipinski definition) is 1. The van der Waals surface area contributed by atoms with Gasteiger partial charge in [0.25, 0.3) is 0 Å². The Balaban J connectivity index is 1.80. The maximum atomic E-state index is 3.52. The minimum atomic E-state index is 0.783. The fraction of sp³-hybridized carbons (Fsp3) is 0.455. The molecule has 2 atom stereocenters. The predicted octanol–water partition coefficient (Wildman–Crippen LogP) is 2.18. The molecule has 0 amide bonds. The smallest absolute Gasteiger partial charge is 0.0208 e. The van der Waals surface area contributed by atoms with Gasteiger partial charge in [-0.1, -0.05) is 37.3 Å². The Morgan fingerprint density at radius 3 is 2.58 bits per heavy atom.